The largest absolute Gasteiger partial charge is 0.463 e. The van der Waals surface area contributed by atoms with Crippen molar-refractivity contribution in [2.24, 2.45) is 5.73 Å². The Bertz CT molecular complexity index is 331. The number of likely N-dealkylation sites (N-methyl/N-ethyl adjacent to an activating group) is 1. The Labute approximate surface area is 103 Å². The topological polar surface area (TPSA) is 45.6 Å². The third-order valence-corrected chi connectivity index (χ3v) is 3.34. The van der Waals surface area contributed by atoms with Gasteiger partial charge in [0.05, 0.1) is 13.1 Å². The number of nitrogens with two attached hydrogens (primary N) is 1. The van der Waals surface area contributed by atoms with Gasteiger partial charge in [-0.15, -0.1) is 0 Å². The molecule has 1 aliphatic heterocycles. The van der Waals surface area contributed by atoms with E-state index in [0.717, 1.165) is 24.6 Å². The summed E-state index contributed by atoms with van der Waals surface area (Å²) in [5, 5.41) is 0. The number of furan rings is 1. The van der Waals surface area contributed by atoms with Crippen molar-refractivity contribution in [3.8, 4) is 0 Å². The molecule has 1 saturated heterocycles. The minimum absolute atomic E-state index is 0.484. The highest BCUT2D eigenvalue weighted by Crippen LogP contribution is 2.10. The van der Waals surface area contributed by atoms with Crippen molar-refractivity contribution in [2.75, 3.05) is 33.2 Å². The Balaban J connectivity index is 1.70. The molecule has 0 spiro atoms. The molecule has 0 aromatic carbocycles. The average molecular weight is 237 g/mol. The molecule has 0 radical (unpaired) electrons. The lowest BCUT2D eigenvalue weighted by atomic mass is 10.4. The number of hydrogen-bond acceptors (Lipinski definition) is 4. The highest BCUT2D eigenvalue weighted by atomic mass is 16.3. The Hall–Kier alpha value is -0.840. The summed E-state index contributed by atoms with van der Waals surface area (Å²) in [5.74, 6) is 1.88. The molecule has 1 aromatic rings. The summed E-state index contributed by atoms with van der Waals surface area (Å²) in [7, 11) is 2.14. The van der Waals surface area contributed by atoms with E-state index in [4.69, 9.17) is 10.2 Å². The molecule has 0 atom stereocenters. The van der Waals surface area contributed by atoms with E-state index in [2.05, 4.69) is 16.8 Å². The predicted octanol–water partition coefficient (Wildman–Crippen LogP) is 1.27. The van der Waals surface area contributed by atoms with Crippen molar-refractivity contribution in [3.63, 3.8) is 0 Å². The standard InChI is InChI=1S/C13H23N3O/c1-15(8-9-16-6-2-3-7-16)11-13-5-4-12(10-14)17-13/h4-5H,2-3,6-11,14H2,1H3. The minimum Gasteiger partial charge on any atom is -0.463 e. The van der Waals surface area contributed by atoms with Gasteiger partial charge in [0.25, 0.3) is 0 Å². The molecule has 2 heterocycles. The monoisotopic (exact) mass is 237 g/mol. The zero-order valence-electron chi connectivity index (χ0n) is 10.7. The Morgan fingerprint density at radius 1 is 1.29 bits per heavy atom. The van der Waals surface area contributed by atoms with E-state index >= 15 is 0 Å². The van der Waals surface area contributed by atoms with Crippen LogP contribution in [-0.4, -0.2) is 43.0 Å². The van der Waals surface area contributed by atoms with Crippen molar-refractivity contribution in [3.05, 3.63) is 23.7 Å². The molecular formula is C13H23N3O. The Morgan fingerprint density at radius 2 is 2.00 bits per heavy atom. The van der Waals surface area contributed by atoms with Crippen LogP contribution in [0.15, 0.2) is 16.5 Å². The van der Waals surface area contributed by atoms with Crippen LogP contribution in [0.2, 0.25) is 0 Å². The maximum atomic E-state index is 5.59. The van der Waals surface area contributed by atoms with E-state index in [9.17, 15) is 0 Å². The molecule has 1 aliphatic rings. The van der Waals surface area contributed by atoms with Gasteiger partial charge < -0.3 is 15.1 Å². The lowest BCUT2D eigenvalue weighted by Gasteiger charge is -2.20. The number of hydrogen-bond donors (Lipinski definition) is 1. The highest BCUT2D eigenvalue weighted by Gasteiger charge is 2.12. The van der Waals surface area contributed by atoms with Gasteiger partial charge in [0.2, 0.25) is 0 Å². The molecule has 0 amide bonds. The van der Waals surface area contributed by atoms with Gasteiger partial charge in [-0.3, -0.25) is 4.90 Å². The van der Waals surface area contributed by atoms with Crippen molar-refractivity contribution in [1.29, 1.82) is 0 Å². The third-order valence-electron chi connectivity index (χ3n) is 3.34. The fraction of sp³-hybridized carbons (Fsp3) is 0.692. The van der Waals surface area contributed by atoms with Crippen LogP contribution in [-0.2, 0) is 13.1 Å². The molecule has 0 bridgehead atoms. The van der Waals surface area contributed by atoms with E-state index in [1.807, 2.05) is 12.1 Å². The van der Waals surface area contributed by atoms with Crippen LogP contribution in [0.4, 0.5) is 0 Å². The van der Waals surface area contributed by atoms with E-state index in [-0.39, 0.29) is 0 Å². The summed E-state index contributed by atoms with van der Waals surface area (Å²) in [6.45, 7) is 6.16. The Morgan fingerprint density at radius 3 is 2.65 bits per heavy atom. The third kappa shape index (κ3) is 3.84. The fourth-order valence-corrected chi connectivity index (χ4v) is 2.28. The summed E-state index contributed by atoms with van der Waals surface area (Å²) < 4.78 is 5.59. The molecule has 96 valence electrons. The van der Waals surface area contributed by atoms with E-state index in [1.54, 1.807) is 0 Å². The van der Waals surface area contributed by atoms with Gasteiger partial charge in [0.15, 0.2) is 0 Å². The molecule has 0 saturated carbocycles. The predicted molar refractivity (Wildman–Crippen MR) is 68.6 cm³/mol. The maximum Gasteiger partial charge on any atom is 0.118 e. The van der Waals surface area contributed by atoms with Crippen LogP contribution in [0.25, 0.3) is 0 Å². The highest BCUT2D eigenvalue weighted by molar-refractivity contribution is 5.06. The molecule has 1 fully saturated rings. The van der Waals surface area contributed by atoms with Crippen molar-refractivity contribution in [1.82, 2.24) is 9.80 Å². The van der Waals surface area contributed by atoms with Gasteiger partial charge in [0.1, 0.15) is 11.5 Å². The van der Waals surface area contributed by atoms with Crippen LogP contribution in [0.1, 0.15) is 24.4 Å². The summed E-state index contributed by atoms with van der Waals surface area (Å²) in [4.78, 5) is 4.83. The molecule has 2 N–H and O–H groups in total. The molecule has 17 heavy (non-hydrogen) atoms. The molecule has 0 unspecified atom stereocenters. The quantitative estimate of drug-likeness (QED) is 0.809. The van der Waals surface area contributed by atoms with Crippen molar-refractivity contribution in [2.45, 2.75) is 25.9 Å². The van der Waals surface area contributed by atoms with E-state index < -0.39 is 0 Å². The first-order valence-corrected chi connectivity index (χ1v) is 6.46. The van der Waals surface area contributed by atoms with Gasteiger partial charge in [-0.25, -0.2) is 0 Å². The summed E-state index contributed by atoms with van der Waals surface area (Å²) in [6.07, 6.45) is 2.73. The van der Waals surface area contributed by atoms with Gasteiger partial charge in [-0.1, -0.05) is 0 Å². The van der Waals surface area contributed by atoms with E-state index in [1.165, 1.54) is 32.5 Å². The molecule has 4 nitrogen and oxygen atoms in total. The van der Waals surface area contributed by atoms with Crippen LogP contribution in [0, 0.1) is 0 Å². The fourth-order valence-electron chi connectivity index (χ4n) is 2.28. The SMILES string of the molecule is CN(CCN1CCCC1)Cc1ccc(CN)o1. The van der Waals surface area contributed by atoms with Crippen LogP contribution in [0.5, 0.6) is 0 Å². The zero-order chi connectivity index (χ0) is 12.1. The first-order valence-electron chi connectivity index (χ1n) is 6.46. The lowest BCUT2D eigenvalue weighted by molar-refractivity contribution is 0.238. The second-order valence-electron chi connectivity index (χ2n) is 4.86. The molecular weight excluding hydrogens is 214 g/mol. The van der Waals surface area contributed by atoms with Gasteiger partial charge in [0, 0.05) is 13.1 Å². The first-order chi connectivity index (χ1) is 8.28. The van der Waals surface area contributed by atoms with Gasteiger partial charge in [-0.05, 0) is 45.1 Å². The normalized spacial score (nSPS) is 17.1. The molecule has 0 aliphatic carbocycles. The molecule has 1 aromatic heterocycles. The molecule has 2 rings (SSSR count). The van der Waals surface area contributed by atoms with Crippen LogP contribution >= 0.6 is 0 Å². The van der Waals surface area contributed by atoms with Crippen LogP contribution < -0.4 is 5.73 Å². The second kappa shape index (κ2) is 6.19. The summed E-state index contributed by atoms with van der Waals surface area (Å²) in [5.41, 5.74) is 5.52. The van der Waals surface area contributed by atoms with Crippen molar-refractivity contribution < 1.29 is 4.42 Å². The second-order valence-corrected chi connectivity index (χ2v) is 4.86. The van der Waals surface area contributed by atoms with Gasteiger partial charge >= 0.3 is 0 Å². The van der Waals surface area contributed by atoms with E-state index in [0.29, 0.717) is 6.54 Å². The summed E-state index contributed by atoms with van der Waals surface area (Å²) in [6, 6.07) is 3.98. The van der Waals surface area contributed by atoms with Crippen molar-refractivity contribution >= 4 is 0 Å². The molecule has 4 heteroatoms. The zero-order valence-corrected chi connectivity index (χ0v) is 10.7. The van der Waals surface area contributed by atoms with Crippen LogP contribution in [0.3, 0.4) is 0 Å². The smallest absolute Gasteiger partial charge is 0.118 e. The minimum atomic E-state index is 0.484. The number of rotatable bonds is 6. The first kappa shape index (κ1) is 12.6. The summed E-state index contributed by atoms with van der Waals surface area (Å²) >= 11 is 0. The average Bonchev–Trinajstić information content (AvgIpc) is 2.97. The number of nitrogens with zero attached hydrogens (tertiary/aromatic N) is 2. The maximum absolute atomic E-state index is 5.59. The lowest BCUT2D eigenvalue weighted by Crippen LogP contribution is -2.31. The Kier molecular flexibility index (Phi) is 4.59. The number of likely N-dealkylation sites (tertiary alicyclic amines) is 1. The van der Waals surface area contributed by atoms with Gasteiger partial charge in [-0.2, -0.15) is 0 Å².